The zero-order valence-electron chi connectivity index (χ0n) is 27.8. The number of carbonyl (C=O) groups is 2. The number of carboxylic acids is 1. The van der Waals surface area contributed by atoms with Gasteiger partial charge in [0, 0.05) is 12.0 Å². The first-order valence-electron chi connectivity index (χ1n) is 16.8. The fourth-order valence-corrected chi connectivity index (χ4v) is 12.5. The van der Waals surface area contributed by atoms with Crippen LogP contribution in [0.2, 0.25) is 13.1 Å². The predicted molar refractivity (Wildman–Crippen MR) is 161 cm³/mol. The molecule has 4 saturated heterocycles. The summed E-state index contributed by atoms with van der Waals surface area (Å²) in [6.07, 6.45) is 5.02. The van der Waals surface area contributed by atoms with E-state index in [1.165, 1.54) is 0 Å². The van der Waals surface area contributed by atoms with Crippen molar-refractivity contribution in [3.63, 3.8) is 0 Å². The minimum atomic E-state index is -1.51. The Labute approximate surface area is 263 Å². The number of aldehydes is 1. The maximum atomic E-state index is 14.0. The number of hydrogen-bond donors (Lipinski definition) is 1. The molecule has 8 bridgehead atoms. The number of carboxylic acid groups (broad SMARTS) is 1. The number of hydrogen-bond acceptors (Lipinski definition) is 8. The lowest BCUT2D eigenvalue weighted by molar-refractivity contribution is -0.491. The summed E-state index contributed by atoms with van der Waals surface area (Å²) in [6, 6.07) is 0. The summed E-state index contributed by atoms with van der Waals surface area (Å²) in [5, 5.41) is 11.4. The second kappa shape index (κ2) is 9.70. The van der Waals surface area contributed by atoms with E-state index in [0.29, 0.717) is 25.4 Å². The molecule has 8 aliphatic rings. The fourth-order valence-electron chi connectivity index (χ4n) is 11.7. The highest BCUT2D eigenvalue weighted by atomic mass is 28.3. The van der Waals surface area contributed by atoms with Crippen LogP contribution in [0, 0.1) is 57.2 Å². The van der Waals surface area contributed by atoms with E-state index in [1.807, 2.05) is 20.0 Å². The Morgan fingerprint density at radius 2 is 1.91 bits per heavy atom. The summed E-state index contributed by atoms with van der Waals surface area (Å²) in [4.78, 5) is 27.4. The van der Waals surface area contributed by atoms with Gasteiger partial charge in [-0.2, -0.15) is 0 Å². The second-order valence-corrected chi connectivity index (χ2v) is 18.5. The first-order chi connectivity index (χ1) is 20.6. The van der Waals surface area contributed by atoms with Crippen LogP contribution in [0.1, 0.15) is 74.1 Å². The molecule has 9 nitrogen and oxygen atoms in total. The third-order valence-corrected chi connectivity index (χ3v) is 13.5. The molecular formula is C34H51O9Si. The number of rotatable bonds is 10. The van der Waals surface area contributed by atoms with Gasteiger partial charge in [-0.3, -0.25) is 9.53 Å². The van der Waals surface area contributed by atoms with Gasteiger partial charge in [0.05, 0.1) is 17.9 Å². The van der Waals surface area contributed by atoms with Crippen LogP contribution in [-0.2, 0) is 37.7 Å². The van der Waals surface area contributed by atoms with Crippen LogP contribution >= 0.6 is 0 Å². The number of allylic oxidation sites excluding steroid dienone is 1. The molecule has 10 heteroatoms. The molecule has 13 unspecified atom stereocenters. The molecule has 1 radical (unpaired) electrons. The third-order valence-electron chi connectivity index (χ3n) is 12.8. The Morgan fingerprint density at radius 1 is 1.18 bits per heavy atom. The van der Waals surface area contributed by atoms with E-state index in [4.69, 9.17) is 28.1 Å². The summed E-state index contributed by atoms with van der Waals surface area (Å²) in [5.41, 5.74) is -2.59. The van der Waals surface area contributed by atoms with Crippen LogP contribution in [0.4, 0.5) is 0 Å². The molecule has 4 aliphatic carbocycles. The van der Waals surface area contributed by atoms with Crippen LogP contribution in [0.5, 0.6) is 0 Å². The van der Waals surface area contributed by atoms with Crippen LogP contribution in [-0.4, -0.2) is 69.9 Å². The molecule has 7 fully saturated rings. The molecule has 1 N–H and O–H groups in total. The zero-order chi connectivity index (χ0) is 31.8. The molecule has 44 heavy (non-hydrogen) atoms. The molecule has 0 aromatic rings. The summed E-state index contributed by atoms with van der Waals surface area (Å²) in [5.74, 6) is -3.57. The van der Waals surface area contributed by atoms with Gasteiger partial charge in [-0.1, -0.05) is 59.6 Å². The number of fused-ring (bicyclic) bond motifs is 2. The third kappa shape index (κ3) is 3.52. The minimum absolute atomic E-state index is 0.0108. The molecule has 0 aromatic heterocycles. The lowest BCUT2D eigenvalue weighted by Crippen LogP contribution is -2.66. The molecule has 13 atom stereocenters. The maximum absolute atomic E-state index is 14.0. The topological polar surface area (TPSA) is 110 Å². The second-order valence-electron chi connectivity index (χ2n) is 16.5. The lowest BCUT2D eigenvalue weighted by atomic mass is 9.43. The van der Waals surface area contributed by atoms with Crippen molar-refractivity contribution in [2.24, 2.45) is 57.2 Å². The van der Waals surface area contributed by atoms with Gasteiger partial charge in [0.2, 0.25) is 9.04 Å². The van der Waals surface area contributed by atoms with Gasteiger partial charge in [-0.05, 0) is 74.3 Å². The predicted octanol–water partition coefficient (Wildman–Crippen LogP) is 5.40. The van der Waals surface area contributed by atoms with Crippen LogP contribution in [0.3, 0.4) is 0 Å². The molecule has 0 spiro atoms. The Kier molecular flexibility index (Phi) is 6.94. The first-order valence-corrected chi connectivity index (χ1v) is 19.2. The highest BCUT2D eigenvalue weighted by Crippen LogP contribution is 2.83. The molecule has 8 rings (SSSR count). The summed E-state index contributed by atoms with van der Waals surface area (Å²) >= 11 is 0. The largest absolute Gasteiger partial charge is 0.481 e. The van der Waals surface area contributed by atoms with Crippen molar-refractivity contribution in [2.45, 2.75) is 118 Å². The van der Waals surface area contributed by atoms with Crippen molar-refractivity contribution < 1.29 is 42.8 Å². The smallest absolute Gasteiger partial charge is 0.315 e. The van der Waals surface area contributed by atoms with Crippen molar-refractivity contribution in [1.29, 1.82) is 0 Å². The Balaban J connectivity index is 1.34. The zero-order valence-corrected chi connectivity index (χ0v) is 28.8. The highest BCUT2D eigenvalue weighted by molar-refractivity contribution is 6.48. The van der Waals surface area contributed by atoms with E-state index in [-0.39, 0.29) is 53.8 Å². The van der Waals surface area contributed by atoms with Gasteiger partial charge in [-0.25, -0.2) is 0 Å². The van der Waals surface area contributed by atoms with E-state index in [0.717, 1.165) is 24.7 Å². The van der Waals surface area contributed by atoms with E-state index < -0.39 is 49.3 Å². The quantitative estimate of drug-likeness (QED) is 0.193. The number of carbonyl (C=O) groups excluding carboxylic acids is 1. The molecule has 245 valence electrons. The van der Waals surface area contributed by atoms with Gasteiger partial charge < -0.3 is 33.3 Å². The van der Waals surface area contributed by atoms with Crippen molar-refractivity contribution in [1.82, 2.24) is 0 Å². The fraction of sp³-hybridized carbons (Fsp3) is 0.882. The molecule has 0 amide bonds. The van der Waals surface area contributed by atoms with Crippen molar-refractivity contribution in [2.75, 3.05) is 13.2 Å². The average molecular weight is 632 g/mol. The Hall–Kier alpha value is -1.14. The van der Waals surface area contributed by atoms with Crippen molar-refractivity contribution in [3.05, 3.63) is 11.6 Å². The summed E-state index contributed by atoms with van der Waals surface area (Å²) < 4.78 is 39.9. The highest BCUT2D eigenvalue weighted by Gasteiger charge is 2.86. The Morgan fingerprint density at radius 3 is 2.50 bits per heavy atom. The molecule has 3 saturated carbocycles. The molecule has 4 aliphatic heterocycles. The van der Waals surface area contributed by atoms with E-state index in [9.17, 15) is 14.7 Å². The van der Waals surface area contributed by atoms with Gasteiger partial charge in [0.25, 0.3) is 5.97 Å². The first kappa shape index (κ1) is 31.5. The van der Waals surface area contributed by atoms with E-state index in [1.54, 1.807) is 0 Å². The summed E-state index contributed by atoms with van der Waals surface area (Å²) in [7, 11) is -1.28. The number of ether oxygens (including phenoxy) is 5. The Bertz CT molecular complexity index is 1260. The average Bonchev–Trinajstić information content (AvgIpc) is 3.61. The standard InChI is InChI=1S/C34H51O9Si/c1-10-38-25-24-26(29(5,6)7)33(41-27(25)34(40-24,42-33)43-44(8)9)39-17-31-15-21-19(4)11-12-22(21)30(16-35)14-20(31)13-23(18(2)3)32(30,31)28(36)37/h13,16,18-22,24-27H,10-12,14-15,17H2,1-9H3,(H,36,37). The van der Waals surface area contributed by atoms with E-state index in [2.05, 4.69) is 47.6 Å². The van der Waals surface area contributed by atoms with Crippen LogP contribution < -0.4 is 0 Å². The lowest BCUT2D eigenvalue weighted by Gasteiger charge is -2.59. The molecular weight excluding hydrogens is 580 g/mol. The summed E-state index contributed by atoms with van der Waals surface area (Å²) in [6.45, 7) is 19.4. The monoisotopic (exact) mass is 631 g/mol. The van der Waals surface area contributed by atoms with Crippen LogP contribution in [0.15, 0.2) is 11.6 Å². The van der Waals surface area contributed by atoms with Gasteiger partial charge >= 0.3 is 11.9 Å². The number of aliphatic carboxylic acids is 1. The normalized spacial score (nSPS) is 51.5. The maximum Gasteiger partial charge on any atom is 0.315 e. The molecule has 0 aromatic carbocycles. The van der Waals surface area contributed by atoms with Crippen LogP contribution in [0.25, 0.3) is 0 Å². The van der Waals surface area contributed by atoms with Crippen molar-refractivity contribution in [3.8, 4) is 0 Å². The van der Waals surface area contributed by atoms with Gasteiger partial charge in [-0.15, -0.1) is 0 Å². The van der Waals surface area contributed by atoms with Gasteiger partial charge in [0.15, 0.2) is 6.10 Å². The van der Waals surface area contributed by atoms with Crippen molar-refractivity contribution >= 4 is 21.3 Å². The molecule has 4 heterocycles. The minimum Gasteiger partial charge on any atom is -0.481 e. The van der Waals surface area contributed by atoms with Gasteiger partial charge in [0.1, 0.15) is 23.9 Å². The SMILES string of the molecule is CCOC1C2OC3(O[Si](C)C)OC(OCC45CC6C(C)CCC6C6(C=O)CC4C=C(C(C)C)C65C(=O)O)(OC13)C2C(C)(C)C. The van der Waals surface area contributed by atoms with E-state index >= 15 is 0 Å².